The highest BCUT2D eigenvalue weighted by molar-refractivity contribution is 6.33. The van der Waals surface area contributed by atoms with Crippen LogP contribution in [0.1, 0.15) is 26.3 Å². The lowest BCUT2D eigenvalue weighted by molar-refractivity contribution is -0.139. The highest BCUT2D eigenvalue weighted by Crippen LogP contribution is 2.31. The van der Waals surface area contributed by atoms with Crippen molar-refractivity contribution in [2.75, 3.05) is 6.61 Å². The Kier molecular flexibility index (Phi) is 6.61. The number of rotatable bonds is 8. The maximum atomic E-state index is 11.4. The minimum atomic E-state index is -1.05. The van der Waals surface area contributed by atoms with Gasteiger partial charge in [-0.25, -0.2) is 9.78 Å². The van der Waals surface area contributed by atoms with Crippen LogP contribution in [0, 0.1) is 0 Å². The molecule has 9 nitrogen and oxygen atoms in total. The molecule has 0 unspecified atom stereocenters. The van der Waals surface area contributed by atoms with Gasteiger partial charge in [0.25, 0.3) is 0 Å². The lowest BCUT2D eigenvalue weighted by atomic mass is 9.94. The van der Waals surface area contributed by atoms with Crippen molar-refractivity contribution in [2.24, 2.45) is 0 Å². The number of aliphatic carboxylic acids is 1. The van der Waals surface area contributed by atoms with E-state index in [1.165, 1.54) is 6.92 Å². The summed E-state index contributed by atoms with van der Waals surface area (Å²) in [5.74, 6) is -0.166. The number of carbonyl (C=O) groups excluding carboxylic acids is 1. The third kappa shape index (κ3) is 5.70. The third-order valence-electron chi connectivity index (χ3n) is 5.17. The van der Waals surface area contributed by atoms with Crippen molar-refractivity contribution in [1.82, 2.24) is 20.3 Å². The monoisotopic (exact) mass is 494 g/mol. The van der Waals surface area contributed by atoms with Gasteiger partial charge in [-0.15, -0.1) is 0 Å². The zero-order chi connectivity index (χ0) is 25.2. The summed E-state index contributed by atoms with van der Waals surface area (Å²) in [6.45, 7) is 4.91. The predicted octanol–water partition coefficient (Wildman–Crippen LogP) is 4.91. The molecule has 1 amide bonds. The number of hydrogen-bond acceptors (Lipinski definition) is 6. The first-order chi connectivity index (χ1) is 16.6. The van der Waals surface area contributed by atoms with Gasteiger partial charge in [-0.1, -0.05) is 23.7 Å². The molecule has 180 valence electrons. The van der Waals surface area contributed by atoms with Gasteiger partial charge in [-0.2, -0.15) is 4.98 Å². The Morgan fingerprint density at radius 2 is 1.71 bits per heavy atom. The fourth-order valence-electron chi connectivity index (χ4n) is 3.56. The Morgan fingerprint density at radius 1 is 1.06 bits per heavy atom. The number of benzene rings is 2. The number of fused-ring (bicyclic) bond motifs is 1. The van der Waals surface area contributed by atoms with Gasteiger partial charge in [0.05, 0.1) is 21.8 Å². The van der Waals surface area contributed by atoms with Crippen LogP contribution in [0.15, 0.2) is 54.6 Å². The molecule has 4 rings (SSSR count). The van der Waals surface area contributed by atoms with Crippen LogP contribution < -0.4 is 14.8 Å². The second-order valence-electron chi connectivity index (χ2n) is 8.37. The molecule has 10 heteroatoms. The van der Waals surface area contributed by atoms with E-state index in [4.69, 9.17) is 26.2 Å². The average Bonchev–Trinajstić information content (AvgIpc) is 3.18. The number of aromatic nitrogens is 3. The zero-order valence-electron chi connectivity index (χ0n) is 19.3. The standard InChI is InChI=1S/C25H23ClN4O5/c1-14(31)30-25(2,3)16-6-10-18(11-7-16)35-24-27-20-12-19(26)22(28-23(20)29-24)15-4-8-17(9-5-15)34-13-21(32)33/h4-12H,13H2,1-3H3,(H,30,31)(H,32,33)(H,27,28,29). The molecular formula is C25H23ClN4O5. The lowest BCUT2D eigenvalue weighted by Gasteiger charge is -2.26. The Morgan fingerprint density at radius 3 is 2.34 bits per heavy atom. The molecule has 0 radical (unpaired) electrons. The Hall–Kier alpha value is -4.11. The van der Waals surface area contributed by atoms with E-state index in [0.29, 0.717) is 33.4 Å². The van der Waals surface area contributed by atoms with E-state index in [2.05, 4.69) is 20.3 Å². The van der Waals surface area contributed by atoms with Gasteiger partial charge in [0.15, 0.2) is 12.3 Å². The largest absolute Gasteiger partial charge is 0.482 e. The van der Waals surface area contributed by atoms with E-state index >= 15 is 0 Å². The van der Waals surface area contributed by atoms with Crippen molar-refractivity contribution in [3.05, 3.63) is 65.2 Å². The SMILES string of the molecule is CC(=O)NC(C)(C)c1ccc(Oc2nc3nc(-c4ccc(OCC(=O)O)cc4)c(Cl)cc3[nH]2)cc1. The molecule has 2 heterocycles. The molecule has 0 spiro atoms. The third-order valence-corrected chi connectivity index (χ3v) is 5.46. The molecule has 2 aromatic heterocycles. The average molecular weight is 495 g/mol. The van der Waals surface area contributed by atoms with Gasteiger partial charge in [-0.05, 0) is 61.9 Å². The van der Waals surface area contributed by atoms with Crippen LogP contribution in [-0.4, -0.2) is 38.5 Å². The summed E-state index contributed by atoms with van der Waals surface area (Å²) in [7, 11) is 0. The van der Waals surface area contributed by atoms with E-state index in [-0.39, 0.29) is 11.9 Å². The first-order valence-electron chi connectivity index (χ1n) is 10.7. The fraction of sp³-hybridized carbons (Fsp3) is 0.200. The van der Waals surface area contributed by atoms with Crippen LogP contribution in [-0.2, 0) is 15.1 Å². The number of nitrogens with one attached hydrogen (secondary N) is 2. The van der Waals surface area contributed by atoms with Gasteiger partial charge in [0, 0.05) is 12.5 Å². The number of imidazole rings is 1. The molecule has 4 aromatic rings. The molecule has 2 aromatic carbocycles. The van der Waals surface area contributed by atoms with Gasteiger partial charge in [0.1, 0.15) is 11.5 Å². The van der Waals surface area contributed by atoms with Gasteiger partial charge < -0.3 is 24.9 Å². The molecule has 0 fully saturated rings. The zero-order valence-corrected chi connectivity index (χ0v) is 20.0. The van der Waals surface area contributed by atoms with E-state index < -0.39 is 18.1 Å². The van der Waals surface area contributed by atoms with Crippen LogP contribution in [0.3, 0.4) is 0 Å². The summed E-state index contributed by atoms with van der Waals surface area (Å²) < 4.78 is 11.0. The van der Waals surface area contributed by atoms with Crippen LogP contribution >= 0.6 is 11.6 Å². The summed E-state index contributed by atoms with van der Waals surface area (Å²) in [4.78, 5) is 34.1. The molecule has 0 saturated heterocycles. The van der Waals surface area contributed by atoms with E-state index in [1.807, 2.05) is 26.0 Å². The number of carbonyl (C=O) groups is 2. The summed E-state index contributed by atoms with van der Waals surface area (Å²) in [6.07, 6.45) is 0. The predicted molar refractivity (Wildman–Crippen MR) is 131 cm³/mol. The maximum absolute atomic E-state index is 11.4. The second-order valence-corrected chi connectivity index (χ2v) is 8.78. The number of carboxylic acids is 1. The minimum Gasteiger partial charge on any atom is -0.482 e. The van der Waals surface area contributed by atoms with Crippen molar-refractivity contribution < 1.29 is 24.2 Å². The quantitative estimate of drug-likeness (QED) is 0.318. The van der Waals surface area contributed by atoms with Crippen LogP contribution in [0.5, 0.6) is 17.5 Å². The number of ether oxygens (including phenoxy) is 2. The van der Waals surface area contributed by atoms with Crippen molar-refractivity contribution in [3.8, 4) is 28.8 Å². The Balaban J connectivity index is 1.52. The van der Waals surface area contributed by atoms with Crippen molar-refractivity contribution in [3.63, 3.8) is 0 Å². The highest BCUT2D eigenvalue weighted by Gasteiger charge is 2.21. The van der Waals surface area contributed by atoms with Crippen molar-refractivity contribution >= 4 is 34.6 Å². The number of nitrogens with zero attached hydrogens (tertiary/aromatic N) is 2. The van der Waals surface area contributed by atoms with E-state index in [1.54, 1.807) is 42.5 Å². The molecule has 0 atom stereocenters. The first-order valence-corrected chi connectivity index (χ1v) is 11.1. The summed E-state index contributed by atoms with van der Waals surface area (Å²) in [5, 5.41) is 12.0. The number of carboxylic acid groups (broad SMARTS) is 1. The topological polar surface area (TPSA) is 126 Å². The van der Waals surface area contributed by atoms with Gasteiger partial charge in [-0.3, -0.25) is 4.79 Å². The first kappa shape index (κ1) is 24.0. The Bertz CT molecular complexity index is 1380. The highest BCUT2D eigenvalue weighted by atomic mass is 35.5. The summed E-state index contributed by atoms with van der Waals surface area (Å²) in [5.41, 5.74) is 2.70. The molecular weight excluding hydrogens is 472 g/mol. The minimum absolute atomic E-state index is 0.106. The van der Waals surface area contributed by atoms with Crippen LogP contribution in [0.2, 0.25) is 5.02 Å². The normalized spacial score (nSPS) is 11.3. The Labute approximate surface area is 206 Å². The molecule has 0 aliphatic carbocycles. The molecule has 0 saturated carbocycles. The maximum Gasteiger partial charge on any atom is 0.341 e. The molecule has 0 aliphatic heterocycles. The second kappa shape index (κ2) is 9.63. The fourth-order valence-corrected chi connectivity index (χ4v) is 3.82. The van der Waals surface area contributed by atoms with Crippen molar-refractivity contribution in [2.45, 2.75) is 26.3 Å². The number of aromatic amines is 1. The van der Waals surface area contributed by atoms with E-state index in [0.717, 1.165) is 11.1 Å². The molecule has 0 aliphatic rings. The summed E-state index contributed by atoms with van der Waals surface area (Å²) >= 11 is 6.46. The molecule has 0 bridgehead atoms. The van der Waals surface area contributed by atoms with Gasteiger partial charge in [0.2, 0.25) is 5.91 Å². The van der Waals surface area contributed by atoms with Crippen LogP contribution in [0.25, 0.3) is 22.4 Å². The lowest BCUT2D eigenvalue weighted by Crippen LogP contribution is -2.39. The number of hydrogen-bond donors (Lipinski definition) is 3. The summed E-state index contributed by atoms with van der Waals surface area (Å²) in [6, 6.07) is 16.1. The number of H-pyrrole nitrogens is 1. The van der Waals surface area contributed by atoms with Crippen LogP contribution in [0.4, 0.5) is 0 Å². The van der Waals surface area contributed by atoms with Crippen molar-refractivity contribution in [1.29, 1.82) is 0 Å². The number of amides is 1. The van der Waals surface area contributed by atoms with E-state index in [9.17, 15) is 9.59 Å². The molecule has 35 heavy (non-hydrogen) atoms. The smallest absolute Gasteiger partial charge is 0.341 e. The molecule has 3 N–H and O–H groups in total. The number of pyridine rings is 1. The van der Waals surface area contributed by atoms with Gasteiger partial charge >= 0.3 is 12.0 Å². The number of halogens is 1.